The Labute approximate surface area is 178 Å². The molecule has 4 rings (SSSR count). The van der Waals surface area contributed by atoms with Gasteiger partial charge in [0.1, 0.15) is 5.01 Å². The van der Waals surface area contributed by atoms with Crippen LogP contribution in [0.3, 0.4) is 0 Å². The molecule has 3 aromatic rings. The Morgan fingerprint density at radius 3 is 2.76 bits per heavy atom. The number of hydrogen-bond donors (Lipinski definition) is 1. The lowest BCUT2D eigenvalue weighted by Crippen LogP contribution is -2.14. The van der Waals surface area contributed by atoms with E-state index in [4.69, 9.17) is 0 Å². The van der Waals surface area contributed by atoms with Crippen LogP contribution in [0.1, 0.15) is 48.6 Å². The second kappa shape index (κ2) is 9.04. The Kier molecular flexibility index (Phi) is 6.25. The highest BCUT2D eigenvalue weighted by molar-refractivity contribution is 7.99. The maximum Gasteiger partial charge on any atom is 0.236 e. The largest absolute Gasteiger partial charge is 0.305 e. The number of aryl methyl sites for hydroxylation is 1. The number of hydrogen-bond acceptors (Lipinski definition) is 7. The van der Waals surface area contributed by atoms with Gasteiger partial charge in [0, 0.05) is 18.5 Å². The van der Waals surface area contributed by atoms with Crippen molar-refractivity contribution < 1.29 is 4.79 Å². The van der Waals surface area contributed by atoms with Gasteiger partial charge in [-0.1, -0.05) is 66.6 Å². The fourth-order valence-electron chi connectivity index (χ4n) is 3.58. The van der Waals surface area contributed by atoms with Crippen molar-refractivity contribution in [2.45, 2.75) is 50.1 Å². The van der Waals surface area contributed by atoms with Gasteiger partial charge in [0.2, 0.25) is 11.0 Å². The number of benzene rings is 1. The molecule has 0 radical (unpaired) electrons. The minimum Gasteiger partial charge on any atom is -0.305 e. The molecule has 2 aromatic heterocycles. The molecule has 1 N–H and O–H groups in total. The van der Waals surface area contributed by atoms with E-state index in [0.29, 0.717) is 16.2 Å². The molecule has 0 spiro atoms. The van der Waals surface area contributed by atoms with Gasteiger partial charge in [0.05, 0.1) is 5.75 Å². The van der Waals surface area contributed by atoms with Gasteiger partial charge in [0.15, 0.2) is 11.0 Å². The van der Waals surface area contributed by atoms with Crippen molar-refractivity contribution in [2.75, 3.05) is 11.1 Å². The number of aromatic nitrogens is 5. The zero-order chi connectivity index (χ0) is 20.2. The van der Waals surface area contributed by atoms with Crippen LogP contribution in [0, 0.1) is 6.92 Å². The molecule has 0 bridgehead atoms. The fourth-order valence-corrected chi connectivity index (χ4v) is 5.22. The van der Waals surface area contributed by atoms with Crippen LogP contribution in [0.2, 0.25) is 0 Å². The number of carbonyl (C=O) groups excluding carboxylic acids is 1. The van der Waals surface area contributed by atoms with E-state index in [-0.39, 0.29) is 11.7 Å². The van der Waals surface area contributed by atoms with Gasteiger partial charge in [-0.15, -0.1) is 20.4 Å². The molecular weight excluding hydrogens is 404 g/mol. The topological polar surface area (TPSA) is 85.6 Å². The first-order valence-electron chi connectivity index (χ1n) is 9.83. The van der Waals surface area contributed by atoms with Crippen molar-refractivity contribution in [1.82, 2.24) is 25.0 Å². The molecule has 1 aliphatic carbocycles. The zero-order valence-electron chi connectivity index (χ0n) is 16.6. The molecule has 1 aromatic carbocycles. The summed E-state index contributed by atoms with van der Waals surface area (Å²) in [6.45, 7) is 2.05. The molecule has 0 unspecified atom stereocenters. The lowest BCUT2D eigenvalue weighted by atomic mass is 9.90. The number of amides is 1. The number of nitrogens with zero attached hydrogens (tertiary/aromatic N) is 5. The van der Waals surface area contributed by atoms with E-state index >= 15 is 0 Å². The third kappa shape index (κ3) is 4.67. The molecule has 1 amide bonds. The summed E-state index contributed by atoms with van der Waals surface area (Å²) in [7, 11) is 1.92. The molecule has 7 nitrogen and oxygen atoms in total. The summed E-state index contributed by atoms with van der Waals surface area (Å²) in [6.07, 6.45) is 6.17. The van der Waals surface area contributed by atoms with E-state index in [2.05, 4.69) is 25.7 Å². The Bertz CT molecular complexity index is 993. The summed E-state index contributed by atoms with van der Waals surface area (Å²) in [5.74, 6) is 1.44. The van der Waals surface area contributed by atoms with Gasteiger partial charge in [-0.2, -0.15) is 0 Å². The maximum atomic E-state index is 12.4. The van der Waals surface area contributed by atoms with E-state index in [1.165, 1.54) is 55.2 Å². The molecule has 9 heteroatoms. The fraction of sp³-hybridized carbons (Fsp3) is 0.450. The molecule has 29 heavy (non-hydrogen) atoms. The molecular formula is C20H24N6OS2. The monoisotopic (exact) mass is 428 g/mol. The molecule has 0 saturated heterocycles. The average Bonchev–Trinajstić information content (AvgIpc) is 3.34. The van der Waals surface area contributed by atoms with Crippen LogP contribution < -0.4 is 5.32 Å². The normalized spacial score (nSPS) is 14.8. The Morgan fingerprint density at radius 1 is 1.17 bits per heavy atom. The standard InChI is InChI=1S/C20H24N6OS2/c1-13-8-6-7-11-15(13)17-22-25-20(26(17)2)28-12-16(27)21-19-24-23-18(29-19)14-9-4-3-5-10-14/h6-8,11,14H,3-5,9-10,12H2,1-2H3,(H,21,24,27). The lowest BCUT2D eigenvalue weighted by molar-refractivity contribution is -0.113. The number of nitrogens with one attached hydrogen (secondary N) is 1. The van der Waals surface area contributed by atoms with Crippen molar-refractivity contribution in [3.8, 4) is 11.4 Å². The Hall–Kier alpha value is -2.26. The SMILES string of the molecule is Cc1ccccc1-c1nnc(SCC(=O)Nc2nnc(C3CCCCC3)s2)n1C. The van der Waals surface area contributed by atoms with Gasteiger partial charge < -0.3 is 4.57 Å². The summed E-state index contributed by atoms with van der Waals surface area (Å²) in [6, 6.07) is 8.07. The second-order valence-electron chi connectivity index (χ2n) is 7.30. The van der Waals surface area contributed by atoms with E-state index in [0.717, 1.165) is 22.0 Å². The summed E-state index contributed by atoms with van der Waals surface area (Å²) < 4.78 is 1.92. The second-order valence-corrected chi connectivity index (χ2v) is 9.25. The number of thioether (sulfide) groups is 1. The summed E-state index contributed by atoms with van der Waals surface area (Å²) in [4.78, 5) is 12.4. The molecule has 0 aliphatic heterocycles. The quantitative estimate of drug-likeness (QED) is 0.585. The smallest absolute Gasteiger partial charge is 0.236 e. The van der Waals surface area contributed by atoms with Crippen LogP contribution >= 0.6 is 23.1 Å². The molecule has 0 atom stereocenters. The van der Waals surface area contributed by atoms with E-state index in [1.54, 1.807) is 0 Å². The van der Waals surface area contributed by atoms with Crippen molar-refractivity contribution in [3.63, 3.8) is 0 Å². The highest BCUT2D eigenvalue weighted by atomic mass is 32.2. The van der Waals surface area contributed by atoms with Gasteiger partial charge in [-0.25, -0.2) is 0 Å². The molecule has 1 saturated carbocycles. The van der Waals surface area contributed by atoms with Gasteiger partial charge in [-0.3, -0.25) is 10.1 Å². The molecule has 2 heterocycles. The molecule has 152 valence electrons. The van der Waals surface area contributed by atoms with Crippen molar-refractivity contribution >= 4 is 34.1 Å². The predicted octanol–water partition coefficient (Wildman–Crippen LogP) is 4.42. The number of anilines is 1. The van der Waals surface area contributed by atoms with Crippen molar-refractivity contribution in [3.05, 3.63) is 34.8 Å². The van der Waals surface area contributed by atoms with E-state index in [1.807, 2.05) is 42.8 Å². The third-order valence-corrected chi connectivity index (χ3v) is 7.22. The van der Waals surface area contributed by atoms with Crippen LogP contribution in [0.25, 0.3) is 11.4 Å². The van der Waals surface area contributed by atoms with Crippen LogP contribution in [-0.4, -0.2) is 36.6 Å². The lowest BCUT2D eigenvalue weighted by Gasteiger charge is -2.18. The highest BCUT2D eigenvalue weighted by Gasteiger charge is 2.20. The van der Waals surface area contributed by atoms with Crippen LogP contribution in [0.4, 0.5) is 5.13 Å². The maximum absolute atomic E-state index is 12.4. The summed E-state index contributed by atoms with van der Waals surface area (Å²) in [5.41, 5.74) is 2.19. The minimum atomic E-state index is -0.109. The van der Waals surface area contributed by atoms with Gasteiger partial charge in [-0.05, 0) is 25.3 Å². The molecule has 1 aliphatic rings. The summed E-state index contributed by atoms with van der Waals surface area (Å²) >= 11 is 2.86. The predicted molar refractivity (Wildman–Crippen MR) is 116 cm³/mol. The minimum absolute atomic E-state index is 0.109. The first kappa shape index (κ1) is 20.0. The molecule has 1 fully saturated rings. The van der Waals surface area contributed by atoms with Gasteiger partial charge >= 0.3 is 0 Å². The van der Waals surface area contributed by atoms with Crippen LogP contribution in [0.5, 0.6) is 0 Å². The number of carbonyl (C=O) groups is 1. The summed E-state index contributed by atoms with van der Waals surface area (Å²) in [5, 5.41) is 22.2. The van der Waals surface area contributed by atoms with E-state index < -0.39 is 0 Å². The van der Waals surface area contributed by atoms with Crippen LogP contribution in [0.15, 0.2) is 29.4 Å². The van der Waals surface area contributed by atoms with Gasteiger partial charge in [0.25, 0.3) is 0 Å². The first-order valence-corrected chi connectivity index (χ1v) is 11.6. The Balaban J connectivity index is 1.34. The van der Waals surface area contributed by atoms with Crippen molar-refractivity contribution in [1.29, 1.82) is 0 Å². The van der Waals surface area contributed by atoms with Crippen molar-refractivity contribution in [2.24, 2.45) is 7.05 Å². The van der Waals surface area contributed by atoms with Crippen LogP contribution in [-0.2, 0) is 11.8 Å². The highest BCUT2D eigenvalue weighted by Crippen LogP contribution is 2.35. The average molecular weight is 429 g/mol. The first-order chi connectivity index (χ1) is 14.1. The Morgan fingerprint density at radius 2 is 1.97 bits per heavy atom. The van der Waals surface area contributed by atoms with E-state index in [9.17, 15) is 4.79 Å². The number of rotatable bonds is 6. The zero-order valence-corrected chi connectivity index (χ0v) is 18.2. The third-order valence-electron chi connectivity index (χ3n) is 5.19.